The van der Waals surface area contributed by atoms with Gasteiger partial charge in [0.05, 0.1) is 18.8 Å². The summed E-state index contributed by atoms with van der Waals surface area (Å²) < 4.78 is 36.4. The lowest BCUT2D eigenvalue weighted by Crippen LogP contribution is -2.43. The van der Waals surface area contributed by atoms with Crippen LogP contribution in [0.25, 0.3) is 0 Å². The Hall–Kier alpha value is -0.660. The third kappa shape index (κ3) is 3.90. The molecule has 0 radical (unpaired) electrons. The molecule has 0 unspecified atom stereocenters. The summed E-state index contributed by atoms with van der Waals surface area (Å²) in [5.41, 5.74) is -0.368. The predicted molar refractivity (Wildman–Crippen MR) is 69.1 cm³/mol. The summed E-state index contributed by atoms with van der Waals surface area (Å²) in [4.78, 5) is 11.5. The highest BCUT2D eigenvalue weighted by molar-refractivity contribution is 7.90. The topological polar surface area (TPSA) is 81.7 Å². The van der Waals surface area contributed by atoms with Crippen molar-refractivity contribution < 1.29 is 22.7 Å². The normalized spacial score (nSPS) is 23.0. The van der Waals surface area contributed by atoms with Crippen molar-refractivity contribution in [2.45, 2.75) is 37.4 Å². The van der Waals surface area contributed by atoms with E-state index in [9.17, 15) is 13.2 Å². The molecule has 1 saturated carbocycles. The van der Waals surface area contributed by atoms with E-state index in [-0.39, 0.29) is 23.1 Å². The second kappa shape index (κ2) is 5.76. The van der Waals surface area contributed by atoms with Crippen molar-refractivity contribution in [2.75, 3.05) is 26.9 Å². The fourth-order valence-electron chi connectivity index (χ4n) is 2.35. The fourth-order valence-corrected chi connectivity index (χ4v) is 3.85. The Morgan fingerprint density at radius 1 is 1.37 bits per heavy atom. The second-order valence-electron chi connectivity index (χ2n) is 5.43. The Morgan fingerprint density at radius 3 is 2.53 bits per heavy atom. The first-order valence-electron chi connectivity index (χ1n) is 6.60. The number of rotatable bonds is 6. The molecule has 2 aliphatic rings. The van der Waals surface area contributed by atoms with Crippen molar-refractivity contribution in [3.05, 3.63) is 0 Å². The van der Waals surface area contributed by atoms with Crippen molar-refractivity contribution in [1.82, 2.24) is 4.72 Å². The highest BCUT2D eigenvalue weighted by Crippen LogP contribution is 2.35. The van der Waals surface area contributed by atoms with Crippen molar-refractivity contribution in [3.8, 4) is 0 Å². The summed E-state index contributed by atoms with van der Waals surface area (Å²) in [6.45, 7) is 1.41. The monoisotopic (exact) mass is 291 g/mol. The molecule has 0 bridgehead atoms. The molecule has 0 aromatic carbocycles. The van der Waals surface area contributed by atoms with E-state index >= 15 is 0 Å². The van der Waals surface area contributed by atoms with Gasteiger partial charge in [0.1, 0.15) is 0 Å². The zero-order chi connectivity index (χ0) is 13.9. The quantitative estimate of drug-likeness (QED) is 0.718. The maximum Gasteiger partial charge on any atom is 0.306 e. The molecule has 7 heteroatoms. The number of ether oxygens (including phenoxy) is 2. The number of carbonyl (C=O) groups is 1. The lowest BCUT2D eigenvalue weighted by Gasteiger charge is -2.36. The third-order valence-electron chi connectivity index (χ3n) is 3.91. The van der Waals surface area contributed by atoms with Gasteiger partial charge in [-0.1, -0.05) is 0 Å². The number of sulfonamides is 1. The molecule has 2 rings (SSSR count). The first kappa shape index (κ1) is 14.7. The Balaban J connectivity index is 1.98. The van der Waals surface area contributed by atoms with Gasteiger partial charge in [0.15, 0.2) is 0 Å². The van der Waals surface area contributed by atoms with E-state index in [4.69, 9.17) is 9.47 Å². The Labute approximate surface area is 113 Å². The van der Waals surface area contributed by atoms with E-state index < -0.39 is 10.0 Å². The molecule has 0 amide bonds. The second-order valence-corrected chi connectivity index (χ2v) is 7.48. The van der Waals surface area contributed by atoms with E-state index in [1.165, 1.54) is 7.11 Å². The first-order chi connectivity index (χ1) is 8.97. The third-order valence-corrected chi connectivity index (χ3v) is 5.81. The molecule has 1 heterocycles. The van der Waals surface area contributed by atoms with Crippen molar-refractivity contribution in [2.24, 2.45) is 5.41 Å². The molecule has 0 aromatic heterocycles. The summed E-state index contributed by atoms with van der Waals surface area (Å²) in [6, 6.07) is 0. The number of hydrogen-bond donors (Lipinski definition) is 1. The standard InChI is InChI=1S/C12H21NO5S/c1-17-11(14)8-12(4-6-18-7-5-12)9-13-19(15,16)10-2-3-10/h10,13H,2-9H2,1H3. The van der Waals surface area contributed by atoms with Crippen LogP contribution in [0, 0.1) is 5.41 Å². The van der Waals surface area contributed by atoms with Gasteiger partial charge >= 0.3 is 5.97 Å². The van der Waals surface area contributed by atoms with Gasteiger partial charge in [-0.15, -0.1) is 0 Å². The van der Waals surface area contributed by atoms with Crippen LogP contribution in [0.4, 0.5) is 0 Å². The molecule has 0 aromatic rings. The van der Waals surface area contributed by atoms with Crippen molar-refractivity contribution in [3.63, 3.8) is 0 Å². The Morgan fingerprint density at radius 2 is 2.00 bits per heavy atom. The Bertz CT molecular complexity index is 423. The fraction of sp³-hybridized carbons (Fsp3) is 0.917. The van der Waals surface area contributed by atoms with E-state index in [1.54, 1.807) is 0 Å². The number of esters is 1. The van der Waals surface area contributed by atoms with Gasteiger partial charge in [-0.05, 0) is 31.1 Å². The molecule has 19 heavy (non-hydrogen) atoms. The molecule has 1 aliphatic carbocycles. The molecule has 6 nitrogen and oxygen atoms in total. The van der Waals surface area contributed by atoms with Crippen LogP contribution in [-0.4, -0.2) is 46.5 Å². The molecular formula is C12H21NO5S. The van der Waals surface area contributed by atoms with Crippen LogP contribution in [0.5, 0.6) is 0 Å². The highest BCUT2D eigenvalue weighted by Gasteiger charge is 2.40. The molecule has 0 atom stereocenters. The SMILES string of the molecule is COC(=O)CC1(CNS(=O)(=O)C2CC2)CCOCC1. The number of hydrogen-bond acceptors (Lipinski definition) is 5. The molecule has 1 N–H and O–H groups in total. The van der Waals surface area contributed by atoms with Gasteiger partial charge in [-0.2, -0.15) is 0 Å². The highest BCUT2D eigenvalue weighted by atomic mass is 32.2. The summed E-state index contributed by atoms with van der Waals surface area (Å²) in [6.07, 6.45) is 3.06. The average molecular weight is 291 g/mol. The smallest absolute Gasteiger partial charge is 0.306 e. The number of nitrogens with one attached hydrogen (secondary N) is 1. The van der Waals surface area contributed by atoms with Gasteiger partial charge in [0.25, 0.3) is 0 Å². The van der Waals surface area contributed by atoms with E-state index in [0.29, 0.717) is 32.6 Å². The van der Waals surface area contributed by atoms with Crippen LogP contribution in [0.3, 0.4) is 0 Å². The Kier molecular flexibility index (Phi) is 4.47. The number of methoxy groups -OCH3 is 1. The van der Waals surface area contributed by atoms with Gasteiger partial charge < -0.3 is 9.47 Å². The van der Waals surface area contributed by atoms with Crippen LogP contribution in [-0.2, 0) is 24.3 Å². The minimum atomic E-state index is -3.21. The summed E-state index contributed by atoms with van der Waals surface area (Å²) in [5, 5.41) is -0.234. The lowest BCUT2D eigenvalue weighted by atomic mass is 9.77. The summed E-state index contributed by atoms with van der Waals surface area (Å²) >= 11 is 0. The average Bonchev–Trinajstić information content (AvgIpc) is 3.22. The molecule has 2 fully saturated rings. The van der Waals surface area contributed by atoms with Crippen molar-refractivity contribution in [1.29, 1.82) is 0 Å². The van der Waals surface area contributed by atoms with Crippen LogP contribution in [0.15, 0.2) is 0 Å². The number of carbonyl (C=O) groups excluding carboxylic acids is 1. The van der Waals surface area contributed by atoms with Crippen LogP contribution in [0.2, 0.25) is 0 Å². The van der Waals surface area contributed by atoms with Gasteiger partial charge in [0.2, 0.25) is 10.0 Å². The molecule has 110 valence electrons. The van der Waals surface area contributed by atoms with Crippen LogP contribution >= 0.6 is 0 Å². The summed E-state index contributed by atoms with van der Waals surface area (Å²) in [5.74, 6) is -0.299. The molecule has 0 spiro atoms. The zero-order valence-corrected chi connectivity index (χ0v) is 12.0. The first-order valence-corrected chi connectivity index (χ1v) is 8.15. The molecule has 1 aliphatic heterocycles. The van der Waals surface area contributed by atoms with Crippen LogP contribution in [0.1, 0.15) is 32.1 Å². The maximum absolute atomic E-state index is 11.9. The predicted octanol–water partition coefficient (Wildman–Crippen LogP) is 0.428. The summed E-state index contributed by atoms with van der Waals surface area (Å²) in [7, 11) is -1.86. The molecular weight excluding hydrogens is 270 g/mol. The van der Waals surface area contributed by atoms with Gasteiger partial charge in [-0.3, -0.25) is 4.79 Å². The van der Waals surface area contributed by atoms with Crippen molar-refractivity contribution >= 4 is 16.0 Å². The van der Waals surface area contributed by atoms with E-state index in [1.807, 2.05) is 0 Å². The molecule has 1 saturated heterocycles. The van der Waals surface area contributed by atoms with E-state index in [2.05, 4.69) is 4.72 Å². The van der Waals surface area contributed by atoms with Crippen LogP contribution < -0.4 is 4.72 Å². The van der Waals surface area contributed by atoms with Gasteiger partial charge in [-0.25, -0.2) is 13.1 Å². The maximum atomic E-state index is 11.9. The minimum absolute atomic E-state index is 0.234. The lowest BCUT2D eigenvalue weighted by molar-refractivity contribution is -0.145. The zero-order valence-electron chi connectivity index (χ0n) is 11.2. The van der Waals surface area contributed by atoms with E-state index in [0.717, 1.165) is 12.8 Å². The van der Waals surface area contributed by atoms with Gasteiger partial charge in [0, 0.05) is 19.8 Å². The largest absolute Gasteiger partial charge is 0.469 e. The minimum Gasteiger partial charge on any atom is -0.469 e.